The van der Waals surface area contributed by atoms with E-state index in [1.165, 1.54) is 18.4 Å². The summed E-state index contributed by atoms with van der Waals surface area (Å²) >= 11 is 1.41. The summed E-state index contributed by atoms with van der Waals surface area (Å²) < 4.78 is 16.2. The van der Waals surface area contributed by atoms with Crippen LogP contribution in [0.5, 0.6) is 5.75 Å². The normalized spacial score (nSPS) is 16.4. The second-order valence-electron chi connectivity index (χ2n) is 6.57. The van der Waals surface area contributed by atoms with Crippen molar-refractivity contribution in [3.63, 3.8) is 0 Å². The van der Waals surface area contributed by atoms with Crippen LogP contribution in [0, 0.1) is 0 Å². The summed E-state index contributed by atoms with van der Waals surface area (Å²) in [5, 5.41) is 3.52. The first-order valence-electron chi connectivity index (χ1n) is 9.22. The molecule has 4 rings (SSSR count). The topological polar surface area (TPSA) is 77.1 Å². The Kier molecular flexibility index (Phi) is 5.61. The van der Waals surface area contributed by atoms with Crippen LogP contribution in [0.25, 0.3) is 0 Å². The van der Waals surface area contributed by atoms with E-state index in [-0.39, 0.29) is 11.8 Å². The number of anilines is 1. The second-order valence-corrected chi connectivity index (χ2v) is 7.67. The summed E-state index contributed by atoms with van der Waals surface area (Å²) in [6.07, 6.45) is 0.668. The van der Waals surface area contributed by atoms with Crippen molar-refractivity contribution in [2.75, 3.05) is 45.3 Å². The predicted octanol–water partition coefficient (Wildman–Crippen LogP) is 2.55. The van der Waals surface area contributed by atoms with Crippen LogP contribution in [0.2, 0.25) is 0 Å². The Morgan fingerprint density at radius 3 is 2.71 bits per heavy atom. The molecule has 148 valence electrons. The smallest absolute Gasteiger partial charge is 0.260 e. The summed E-state index contributed by atoms with van der Waals surface area (Å²) in [5.74, 6) is 0.136. The Bertz CT molecular complexity index is 889. The summed E-state index contributed by atoms with van der Waals surface area (Å²) in [6, 6.07) is 7.03. The minimum atomic E-state index is -0.298. The van der Waals surface area contributed by atoms with Gasteiger partial charge in [0, 0.05) is 18.0 Å². The lowest BCUT2D eigenvalue weighted by molar-refractivity contribution is 0.0302. The number of morpholine rings is 1. The number of hydrogen-bond acceptors (Lipinski definition) is 6. The molecule has 1 saturated heterocycles. The Morgan fingerprint density at radius 1 is 1.14 bits per heavy atom. The van der Waals surface area contributed by atoms with Crippen molar-refractivity contribution in [2.45, 2.75) is 13.0 Å². The Labute approximate surface area is 167 Å². The lowest BCUT2D eigenvalue weighted by Gasteiger charge is -2.27. The monoisotopic (exact) mass is 402 g/mol. The van der Waals surface area contributed by atoms with Crippen LogP contribution in [0.15, 0.2) is 24.3 Å². The molecule has 3 heterocycles. The summed E-state index contributed by atoms with van der Waals surface area (Å²) in [4.78, 5) is 28.9. The van der Waals surface area contributed by atoms with E-state index in [2.05, 4.69) is 5.32 Å². The Hall–Kier alpha value is -2.42. The van der Waals surface area contributed by atoms with Crippen molar-refractivity contribution in [1.29, 1.82) is 0 Å². The minimum Gasteiger partial charge on any atom is -0.496 e. The first-order chi connectivity index (χ1) is 13.7. The lowest BCUT2D eigenvalue weighted by Crippen LogP contribution is -2.41. The highest BCUT2D eigenvalue weighted by molar-refractivity contribution is 7.17. The van der Waals surface area contributed by atoms with Crippen molar-refractivity contribution < 1.29 is 23.8 Å². The molecule has 0 bridgehead atoms. The standard InChI is InChI=1S/C20H22N2O5S/c1-25-15-5-3-2-4-13(15)18(23)21-19-17(14-6-9-27-12-16(14)28-19)20(24)22-7-10-26-11-8-22/h2-5H,6-12H2,1H3,(H,21,23). The minimum absolute atomic E-state index is 0.0574. The maximum atomic E-state index is 13.3. The molecule has 7 nitrogen and oxygen atoms in total. The number of amides is 2. The fourth-order valence-corrected chi connectivity index (χ4v) is 4.65. The summed E-state index contributed by atoms with van der Waals surface area (Å²) in [6.45, 7) is 3.22. The highest BCUT2D eigenvalue weighted by atomic mass is 32.1. The molecular weight excluding hydrogens is 380 g/mol. The van der Waals surface area contributed by atoms with Gasteiger partial charge in [0.1, 0.15) is 10.8 Å². The van der Waals surface area contributed by atoms with Crippen molar-refractivity contribution in [3.8, 4) is 5.75 Å². The van der Waals surface area contributed by atoms with Crippen LogP contribution in [0.4, 0.5) is 5.00 Å². The van der Waals surface area contributed by atoms with Crippen molar-refractivity contribution in [2.24, 2.45) is 0 Å². The molecule has 2 aliphatic heterocycles. The zero-order chi connectivity index (χ0) is 19.5. The third-order valence-electron chi connectivity index (χ3n) is 4.91. The van der Waals surface area contributed by atoms with E-state index >= 15 is 0 Å². The molecule has 2 aromatic rings. The van der Waals surface area contributed by atoms with E-state index in [0.29, 0.717) is 67.8 Å². The van der Waals surface area contributed by atoms with Gasteiger partial charge in [0.25, 0.3) is 11.8 Å². The van der Waals surface area contributed by atoms with Crippen molar-refractivity contribution in [1.82, 2.24) is 4.90 Å². The Morgan fingerprint density at radius 2 is 1.93 bits per heavy atom. The van der Waals surface area contributed by atoms with Gasteiger partial charge < -0.3 is 24.4 Å². The number of ether oxygens (including phenoxy) is 3. The molecule has 0 saturated carbocycles. The fourth-order valence-electron chi connectivity index (χ4n) is 3.47. The van der Waals surface area contributed by atoms with Gasteiger partial charge in [-0.1, -0.05) is 12.1 Å². The maximum Gasteiger partial charge on any atom is 0.260 e. The van der Waals surface area contributed by atoms with Gasteiger partial charge in [0.2, 0.25) is 0 Å². The number of methoxy groups -OCH3 is 1. The number of carbonyl (C=O) groups excluding carboxylic acids is 2. The number of benzene rings is 1. The first-order valence-corrected chi connectivity index (χ1v) is 10.0. The number of rotatable bonds is 4. The number of thiophene rings is 1. The van der Waals surface area contributed by atoms with E-state index in [4.69, 9.17) is 14.2 Å². The zero-order valence-corrected chi connectivity index (χ0v) is 16.5. The van der Waals surface area contributed by atoms with Crippen LogP contribution < -0.4 is 10.1 Å². The van der Waals surface area contributed by atoms with E-state index in [0.717, 1.165) is 10.4 Å². The summed E-state index contributed by atoms with van der Waals surface area (Å²) in [5.41, 5.74) is 2.01. The number of para-hydroxylation sites is 1. The molecule has 1 aromatic carbocycles. The van der Waals surface area contributed by atoms with E-state index in [9.17, 15) is 9.59 Å². The quantitative estimate of drug-likeness (QED) is 0.851. The molecule has 0 atom stereocenters. The molecular formula is C20H22N2O5S. The molecule has 8 heteroatoms. The molecule has 0 aliphatic carbocycles. The van der Waals surface area contributed by atoms with Crippen LogP contribution in [-0.2, 0) is 22.5 Å². The van der Waals surface area contributed by atoms with E-state index < -0.39 is 0 Å². The van der Waals surface area contributed by atoms with Crippen LogP contribution in [0.3, 0.4) is 0 Å². The average Bonchev–Trinajstić information content (AvgIpc) is 3.11. The van der Waals surface area contributed by atoms with Gasteiger partial charge in [-0.2, -0.15) is 0 Å². The molecule has 2 amide bonds. The number of fused-ring (bicyclic) bond motifs is 1. The van der Waals surface area contributed by atoms with Gasteiger partial charge in [-0.25, -0.2) is 0 Å². The number of nitrogens with zero attached hydrogens (tertiary/aromatic N) is 1. The van der Waals surface area contributed by atoms with Crippen LogP contribution >= 0.6 is 11.3 Å². The highest BCUT2D eigenvalue weighted by Crippen LogP contribution is 2.38. The molecule has 2 aliphatic rings. The number of hydrogen-bond donors (Lipinski definition) is 1. The van der Waals surface area contributed by atoms with E-state index in [1.54, 1.807) is 23.1 Å². The summed E-state index contributed by atoms with van der Waals surface area (Å²) in [7, 11) is 1.53. The predicted molar refractivity (Wildman–Crippen MR) is 105 cm³/mol. The molecule has 1 N–H and O–H groups in total. The number of carbonyl (C=O) groups is 2. The first kappa shape index (κ1) is 18.9. The van der Waals surface area contributed by atoms with Crippen LogP contribution in [-0.4, -0.2) is 56.7 Å². The molecule has 0 radical (unpaired) electrons. The highest BCUT2D eigenvalue weighted by Gasteiger charge is 2.30. The molecule has 1 aromatic heterocycles. The second kappa shape index (κ2) is 8.30. The third kappa shape index (κ3) is 3.63. The third-order valence-corrected chi connectivity index (χ3v) is 6.03. The molecule has 0 unspecified atom stereocenters. The Balaban J connectivity index is 1.67. The average molecular weight is 402 g/mol. The van der Waals surface area contributed by atoms with Gasteiger partial charge >= 0.3 is 0 Å². The van der Waals surface area contributed by atoms with Crippen molar-refractivity contribution >= 4 is 28.2 Å². The molecule has 28 heavy (non-hydrogen) atoms. The SMILES string of the molecule is COc1ccccc1C(=O)Nc1sc2c(c1C(=O)N1CCOCC1)CCOC2. The van der Waals surface area contributed by atoms with Gasteiger partial charge in [-0.05, 0) is 24.1 Å². The largest absolute Gasteiger partial charge is 0.496 e. The number of nitrogens with one attached hydrogen (secondary N) is 1. The maximum absolute atomic E-state index is 13.3. The lowest BCUT2D eigenvalue weighted by atomic mass is 10.0. The van der Waals surface area contributed by atoms with Gasteiger partial charge in [0.15, 0.2) is 0 Å². The van der Waals surface area contributed by atoms with Crippen LogP contribution in [0.1, 0.15) is 31.2 Å². The van der Waals surface area contributed by atoms with E-state index in [1.807, 2.05) is 6.07 Å². The molecule has 1 fully saturated rings. The van der Waals surface area contributed by atoms with Gasteiger partial charge in [-0.3, -0.25) is 9.59 Å². The van der Waals surface area contributed by atoms with Gasteiger partial charge in [-0.15, -0.1) is 11.3 Å². The molecule has 0 spiro atoms. The zero-order valence-electron chi connectivity index (χ0n) is 15.7. The van der Waals surface area contributed by atoms with Gasteiger partial charge in [0.05, 0.1) is 44.7 Å². The fraction of sp³-hybridized carbons (Fsp3) is 0.400. The van der Waals surface area contributed by atoms with Crippen molar-refractivity contribution in [3.05, 3.63) is 45.8 Å².